The molecule has 3 N–H and O–H groups in total. The molecule has 0 aliphatic heterocycles. The summed E-state index contributed by atoms with van der Waals surface area (Å²) in [7, 11) is 0. The minimum atomic E-state index is 0.846. The van der Waals surface area contributed by atoms with Crippen LogP contribution in [0.3, 0.4) is 0 Å². The number of unbranched alkanes of at least 4 members (excludes halogenated alkanes) is 4. The van der Waals surface area contributed by atoms with Gasteiger partial charge in [0.25, 0.3) is 0 Å². The van der Waals surface area contributed by atoms with Gasteiger partial charge in [-0.15, -0.1) is 0 Å². The third kappa shape index (κ3) is 10.7. The number of nitrogens with two attached hydrogens (primary N) is 1. The van der Waals surface area contributed by atoms with Gasteiger partial charge in [-0.2, -0.15) is 0 Å². The van der Waals surface area contributed by atoms with Crippen LogP contribution in [0.25, 0.3) is 0 Å². The zero-order valence-electron chi connectivity index (χ0n) is 11.3. The second-order valence-electron chi connectivity index (χ2n) is 5.18. The van der Waals surface area contributed by atoms with E-state index in [-0.39, 0.29) is 0 Å². The summed E-state index contributed by atoms with van der Waals surface area (Å²) in [5, 5.41) is 3.48. The molecule has 0 aromatic rings. The van der Waals surface area contributed by atoms with Gasteiger partial charge in [0.05, 0.1) is 0 Å². The van der Waals surface area contributed by atoms with Crippen molar-refractivity contribution >= 4 is 0 Å². The number of rotatable bonds is 13. The van der Waals surface area contributed by atoms with Crippen LogP contribution >= 0.6 is 0 Å². The van der Waals surface area contributed by atoms with Crippen molar-refractivity contribution in [2.24, 2.45) is 11.7 Å². The number of nitrogens with one attached hydrogen (secondary N) is 1. The molecule has 102 valence electrons. The third-order valence-electron chi connectivity index (χ3n) is 3.25. The molecular weight excluding hydrogens is 212 g/mol. The highest BCUT2D eigenvalue weighted by Crippen LogP contribution is 2.28. The van der Waals surface area contributed by atoms with E-state index in [2.05, 4.69) is 5.32 Å². The second kappa shape index (κ2) is 11.0. The van der Waals surface area contributed by atoms with E-state index < -0.39 is 0 Å². The highest BCUT2D eigenvalue weighted by atomic mass is 16.5. The normalized spacial score (nSPS) is 15.4. The maximum Gasteiger partial charge on any atom is 0.0494 e. The molecule has 1 aliphatic rings. The topological polar surface area (TPSA) is 47.3 Å². The van der Waals surface area contributed by atoms with Crippen LogP contribution in [-0.2, 0) is 4.74 Å². The molecule has 0 atom stereocenters. The Morgan fingerprint density at radius 3 is 2.41 bits per heavy atom. The summed E-state index contributed by atoms with van der Waals surface area (Å²) in [6.07, 6.45) is 10.4. The van der Waals surface area contributed by atoms with Gasteiger partial charge in [0.2, 0.25) is 0 Å². The summed E-state index contributed by atoms with van der Waals surface area (Å²) in [6.45, 7) is 5.04. The number of ether oxygens (including phenoxy) is 1. The van der Waals surface area contributed by atoms with Gasteiger partial charge in [-0.3, -0.25) is 0 Å². The van der Waals surface area contributed by atoms with Gasteiger partial charge >= 0.3 is 0 Å². The fourth-order valence-corrected chi connectivity index (χ4v) is 1.88. The Labute approximate surface area is 106 Å². The molecule has 0 unspecified atom stereocenters. The Hall–Kier alpha value is -0.120. The van der Waals surface area contributed by atoms with Crippen molar-refractivity contribution in [1.29, 1.82) is 0 Å². The zero-order valence-corrected chi connectivity index (χ0v) is 11.3. The lowest BCUT2D eigenvalue weighted by molar-refractivity contribution is 0.122. The zero-order chi connectivity index (χ0) is 12.2. The summed E-state index contributed by atoms with van der Waals surface area (Å²) in [5.41, 5.74) is 5.45. The van der Waals surface area contributed by atoms with Crippen molar-refractivity contribution in [3.8, 4) is 0 Å². The van der Waals surface area contributed by atoms with E-state index in [0.29, 0.717) is 0 Å². The predicted molar refractivity (Wildman–Crippen MR) is 73.2 cm³/mol. The molecule has 0 bridgehead atoms. The van der Waals surface area contributed by atoms with E-state index in [1.54, 1.807) is 0 Å². The fourth-order valence-electron chi connectivity index (χ4n) is 1.88. The highest BCUT2D eigenvalue weighted by molar-refractivity contribution is 4.71. The first kappa shape index (κ1) is 14.9. The van der Waals surface area contributed by atoms with Gasteiger partial charge in [0.1, 0.15) is 0 Å². The van der Waals surface area contributed by atoms with Crippen LogP contribution in [0, 0.1) is 5.92 Å². The standard InChI is InChI=1S/C14H30N2O/c15-9-4-2-1-3-5-10-16-11-6-12-17-13-14-7-8-14/h14,16H,1-13,15H2. The summed E-state index contributed by atoms with van der Waals surface area (Å²) < 4.78 is 5.58. The van der Waals surface area contributed by atoms with Crippen LogP contribution in [0.5, 0.6) is 0 Å². The average molecular weight is 242 g/mol. The van der Waals surface area contributed by atoms with Crippen molar-refractivity contribution in [3.63, 3.8) is 0 Å². The van der Waals surface area contributed by atoms with Crippen molar-refractivity contribution in [2.75, 3.05) is 32.8 Å². The summed E-state index contributed by atoms with van der Waals surface area (Å²) >= 11 is 0. The van der Waals surface area contributed by atoms with Crippen molar-refractivity contribution in [1.82, 2.24) is 5.32 Å². The monoisotopic (exact) mass is 242 g/mol. The molecule has 0 radical (unpaired) electrons. The predicted octanol–water partition coefficient (Wildman–Crippen LogP) is 2.30. The van der Waals surface area contributed by atoms with Crippen LogP contribution in [0.1, 0.15) is 51.4 Å². The molecule has 1 rings (SSSR count). The first-order valence-electron chi connectivity index (χ1n) is 7.42. The molecule has 0 spiro atoms. The fraction of sp³-hybridized carbons (Fsp3) is 1.00. The highest BCUT2D eigenvalue weighted by Gasteiger charge is 2.20. The van der Waals surface area contributed by atoms with Crippen molar-refractivity contribution in [2.45, 2.75) is 51.4 Å². The van der Waals surface area contributed by atoms with E-state index in [0.717, 1.165) is 45.2 Å². The largest absolute Gasteiger partial charge is 0.381 e. The summed E-state index contributed by atoms with van der Waals surface area (Å²) in [4.78, 5) is 0. The Kier molecular flexibility index (Phi) is 9.66. The van der Waals surface area contributed by atoms with Crippen LogP contribution in [0.4, 0.5) is 0 Å². The van der Waals surface area contributed by atoms with Gasteiger partial charge in [0.15, 0.2) is 0 Å². The Balaban J connectivity index is 1.61. The van der Waals surface area contributed by atoms with Crippen molar-refractivity contribution in [3.05, 3.63) is 0 Å². The lowest BCUT2D eigenvalue weighted by Crippen LogP contribution is -2.18. The first-order valence-corrected chi connectivity index (χ1v) is 7.42. The van der Waals surface area contributed by atoms with Gasteiger partial charge in [0, 0.05) is 13.2 Å². The van der Waals surface area contributed by atoms with Gasteiger partial charge < -0.3 is 15.8 Å². The van der Waals surface area contributed by atoms with Crippen molar-refractivity contribution < 1.29 is 4.74 Å². The van der Waals surface area contributed by atoms with Crippen LogP contribution in [0.2, 0.25) is 0 Å². The van der Waals surface area contributed by atoms with Gasteiger partial charge in [-0.25, -0.2) is 0 Å². The molecule has 0 aromatic carbocycles. The molecule has 3 nitrogen and oxygen atoms in total. The Morgan fingerprint density at radius 2 is 1.65 bits per heavy atom. The van der Waals surface area contributed by atoms with Crippen LogP contribution in [-0.4, -0.2) is 32.8 Å². The third-order valence-corrected chi connectivity index (χ3v) is 3.25. The minimum Gasteiger partial charge on any atom is -0.381 e. The van der Waals surface area contributed by atoms with Crippen LogP contribution in [0.15, 0.2) is 0 Å². The molecule has 1 aliphatic carbocycles. The van der Waals surface area contributed by atoms with Gasteiger partial charge in [-0.05, 0) is 57.7 Å². The quantitative estimate of drug-likeness (QED) is 0.487. The number of hydrogen-bond donors (Lipinski definition) is 2. The second-order valence-corrected chi connectivity index (χ2v) is 5.18. The maximum atomic E-state index is 5.58. The summed E-state index contributed by atoms with van der Waals surface area (Å²) in [6, 6.07) is 0. The lowest BCUT2D eigenvalue weighted by Gasteiger charge is -2.05. The average Bonchev–Trinajstić information content (AvgIpc) is 3.15. The molecular formula is C14H30N2O. The Morgan fingerprint density at radius 1 is 0.941 bits per heavy atom. The molecule has 0 aromatic heterocycles. The molecule has 1 saturated carbocycles. The van der Waals surface area contributed by atoms with E-state index in [4.69, 9.17) is 10.5 Å². The summed E-state index contributed by atoms with van der Waals surface area (Å²) in [5.74, 6) is 0.900. The molecule has 17 heavy (non-hydrogen) atoms. The minimum absolute atomic E-state index is 0.846. The molecule has 0 saturated heterocycles. The molecule has 0 heterocycles. The van der Waals surface area contributed by atoms with Crippen LogP contribution < -0.4 is 11.1 Å². The molecule has 0 amide bonds. The van der Waals surface area contributed by atoms with E-state index in [9.17, 15) is 0 Å². The SMILES string of the molecule is NCCCCCCCNCCCOCC1CC1. The maximum absolute atomic E-state index is 5.58. The van der Waals surface area contributed by atoms with E-state index >= 15 is 0 Å². The first-order chi connectivity index (χ1) is 8.43. The Bertz CT molecular complexity index is 160. The van der Waals surface area contributed by atoms with Gasteiger partial charge in [-0.1, -0.05) is 19.3 Å². The molecule has 1 fully saturated rings. The van der Waals surface area contributed by atoms with E-state index in [1.807, 2.05) is 0 Å². The molecule has 3 heteroatoms. The smallest absolute Gasteiger partial charge is 0.0494 e. The van der Waals surface area contributed by atoms with E-state index in [1.165, 1.54) is 44.9 Å². The lowest BCUT2D eigenvalue weighted by atomic mass is 10.1. The number of hydrogen-bond acceptors (Lipinski definition) is 3.